The standard InChI is InChI=1S/C12H17NO4/c1-12(16,11(14)15)9-13-7-8-17-10-5-3-2-4-6-10/h2-6,13,16H,7-9H2,1H3,(H,14,15). The predicted octanol–water partition coefficient (Wildman–Crippen LogP) is 0.491. The van der Waals surface area contributed by atoms with Crippen LogP contribution in [0.3, 0.4) is 0 Å². The number of rotatable bonds is 7. The van der Waals surface area contributed by atoms with Crippen molar-refractivity contribution in [1.29, 1.82) is 0 Å². The fourth-order valence-corrected chi connectivity index (χ4v) is 1.17. The van der Waals surface area contributed by atoms with Gasteiger partial charge in [0.05, 0.1) is 0 Å². The Labute approximate surface area is 100 Å². The molecule has 0 saturated carbocycles. The van der Waals surface area contributed by atoms with Gasteiger partial charge in [0.2, 0.25) is 0 Å². The van der Waals surface area contributed by atoms with Gasteiger partial charge in [0, 0.05) is 13.1 Å². The van der Waals surface area contributed by atoms with Crippen molar-refractivity contribution in [3.05, 3.63) is 30.3 Å². The Balaban J connectivity index is 2.15. The van der Waals surface area contributed by atoms with Crippen LogP contribution in [0, 0.1) is 0 Å². The summed E-state index contributed by atoms with van der Waals surface area (Å²) in [5.41, 5.74) is -1.74. The molecule has 1 atom stereocenters. The number of hydrogen-bond acceptors (Lipinski definition) is 4. The van der Waals surface area contributed by atoms with Crippen LogP contribution in [0.1, 0.15) is 6.92 Å². The highest BCUT2D eigenvalue weighted by Crippen LogP contribution is 2.07. The summed E-state index contributed by atoms with van der Waals surface area (Å²) in [4.78, 5) is 10.6. The molecule has 17 heavy (non-hydrogen) atoms. The van der Waals surface area contributed by atoms with E-state index >= 15 is 0 Å². The number of carboxylic acid groups (broad SMARTS) is 1. The van der Waals surface area contributed by atoms with Gasteiger partial charge in [0.1, 0.15) is 12.4 Å². The molecule has 0 fully saturated rings. The molecule has 1 aromatic carbocycles. The van der Waals surface area contributed by atoms with Crippen LogP contribution in [0.5, 0.6) is 5.75 Å². The molecule has 1 unspecified atom stereocenters. The van der Waals surface area contributed by atoms with Crippen molar-refractivity contribution in [2.75, 3.05) is 19.7 Å². The molecule has 3 N–H and O–H groups in total. The summed E-state index contributed by atoms with van der Waals surface area (Å²) >= 11 is 0. The van der Waals surface area contributed by atoms with Crippen molar-refractivity contribution in [2.45, 2.75) is 12.5 Å². The number of carboxylic acids is 1. The largest absolute Gasteiger partial charge is 0.492 e. The summed E-state index contributed by atoms with van der Waals surface area (Å²) in [5.74, 6) is -0.478. The van der Waals surface area contributed by atoms with E-state index in [-0.39, 0.29) is 6.54 Å². The average Bonchev–Trinajstić information content (AvgIpc) is 2.29. The molecule has 5 heteroatoms. The normalized spacial score (nSPS) is 14.0. The molecular formula is C12H17NO4. The van der Waals surface area contributed by atoms with E-state index in [9.17, 15) is 9.90 Å². The summed E-state index contributed by atoms with van der Waals surface area (Å²) in [6, 6.07) is 9.33. The van der Waals surface area contributed by atoms with Crippen LogP contribution in [-0.4, -0.2) is 41.5 Å². The van der Waals surface area contributed by atoms with E-state index in [1.165, 1.54) is 6.92 Å². The second kappa shape index (κ2) is 6.22. The summed E-state index contributed by atoms with van der Waals surface area (Å²) in [7, 11) is 0. The molecule has 5 nitrogen and oxygen atoms in total. The highest BCUT2D eigenvalue weighted by Gasteiger charge is 2.28. The van der Waals surface area contributed by atoms with Crippen LogP contribution in [0.25, 0.3) is 0 Å². The number of nitrogens with one attached hydrogen (secondary N) is 1. The van der Waals surface area contributed by atoms with Gasteiger partial charge in [-0.05, 0) is 19.1 Å². The van der Waals surface area contributed by atoms with Gasteiger partial charge in [-0.25, -0.2) is 4.79 Å². The third-order valence-corrected chi connectivity index (χ3v) is 2.22. The lowest BCUT2D eigenvalue weighted by atomic mass is 10.1. The number of aliphatic carboxylic acids is 1. The van der Waals surface area contributed by atoms with Crippen molar-refractivity contribution in [2.24, 2.45) is 0 Å². The Morgan fingerprint density at radius 1 is 1.41 bits per heavy atom. The lowest BCUT2D eigenvalue weighted by Gasteiger charge is -2.18. The zero-order chi connectivity index (χ0) is 12.7. The maximum absolute atomic E-state index is 10.6. The number of benzene rings is 1. The van der Waals surface area contributed by atoms with Gasteiger partial charge in [0.15, 0.2) is 5.60 Å². The molecule has 1 rings (SSSR count). The smallest absolute Gasteiger partial charge is 0.336 e. The van der Waals surface area contributed by atoms with Gasteiger partial charge >= 0.3 is 5.97 Å². The number of para-hydroxylation sites is 1. The van der Waals surface area contributed by atoms with E-state index in [0.717, 1.165) is 5.75 Å². The van der Waals surface area contributed by atoms with Gasteiger partial charge in [-0.3, -0.25) is 0 Å². The number of ether oxygens (including phenoxy) is 1. The molecule has 0 heterocycles. The SMILES string of the molecule is CC(O)(CNCCOc1ccccc1)C(=O)O. The Bertz CT molecular complexity index is 351. The van der Waals surface area contributed by atoms with Crippen LogP contribution in [0.15, 0.2) is 30.3 Å². The molecule has 0 aliphatic heterocycles. The summed E-state index contributed by atoms with van der Waals surface area (Å²) in [6.45, 7) is 2.12. The van der Waals surface area contributed by atoms with Crippen LogP contribution < -0.4 is 10.1 Å². The van der Waals surface area contributed by atoms with Crippen molar-refractivity contribution in [3.8, 4) is 5.75 Å². The molecule has 0 aliphatic carbocycles. The van der Waals surface area contributed by atoms with Crippen LogP contribution in [-0.2, 0) is 4.79 Å². The van der Waals surface area contributed by atoms with Gasteiger partial charge in [0.25, 0.3) is 0 Å². The monoisotopic (exact) mass is 239 g/mol. The molecule has 1 aromatic rings. The molecule has 0 bridgehead atoms. The van der Waals surface area contributed by atoms with Crippen LogP contribution in [0.2, 0.25) is 0 Å². The molecule has 0 aromatic heterocycles. The number of aliphatic hydroxyl groups is 1. The first kappa shape index (κ1) is 13.5. The molecule has 94 valence electrons. The number of carbonyl (C=O) groups is 1. The minimum Gasteiger partial charge on any atom is -0.492 e. The molecule has 0 aliphatic rings. The highest BCUT2D eigenvalue weighted by molar-refractivity contribution is 5.76. The third-order valence-electron chi connectivity index (χ3n) is 2.22. The first-order valence-electron chi connectivity index (χ1n) is 5.37. The minimum atomic E-state index is -1.74. The zero-order valence-electron chi connectivity index (χ0n) is 9.72. The topological polar surface area (TPSA) is 78.8 Å². The van der Waals surface area contributed by atoms with Crippen molar-refractivity contribution < 1.29 is 19.7 Å². The van der Waals surface area contributed by atoms with E-state index < -0.39 is 11.6 Å². The van der Waals surface area contributed by atoms with Gasteiger partial charge in [-0.2, -0.15) is 0 Å². The molecule has 0 amide bonds. The second-order valence-electron chi connectivity index (χ2n) is 3.92. The summed E-state index contributed by atoms with van der Waals surface area (Å²) in [5, 5.41) is 20.9. The van der Waals surface area contributed by atoms with E-state index in [1.807, 2.05) is 30.3 Å². The van der Waals surface area contributed by atoms with Gasteiger partial charge in [-0.15, -0.1) is 0 Å². The Morgan fingerprint density at radius 2 is 2.06 bits per heavy atom. The third kappa shape index (κ3) is 4.84. The maximum Gasteiger partial charge on any atom is 0.336 e. The Hall–Kier alpha value is -1.59. The molecule has 0 radical (unpaired) electrons. The zero-order valence-corrected chi connectivity index (χ0v) is 9.72. The van der Waals surface area contributed by atoms with E-state index in [2.05, 4.69) is 5.32 Å². The summed E-state index contributed by atoms with van der Waals surface area (Å²) < 4.78 is 5.39. The van der Waals surface area contributed by atoms with E-state index in [1.54, 1.807) is 0 Å². The van der Waals surface area contributed by atoms with E-state index in [0.29, 0.717) is 13.2 Å². The fraction of sp³-hybridized carbons (Fsp3) is 0.417. The maximum atomic E-state index is 10.6. The molecule has 0 saturated heterocycles. The molecule has 0 spiro atoms. The number of hydrogen-bond donors (Lipinski definition) is 3. The minimum absolute atomic E-state index is 0.0134. The highest BCUT2D eigenvalue weighted by atomic mass is 16.5. The van der Waals surface area contributed by atoms with Crippen LogP contribution >= 0.6 is 0 Å². The van der Waals surface area contributed by atoms with Crippen LogP contribution in [0.4, 0.5) is 0 Å². The van der Waals surface area contributed by atoms with Crippen molar-refractivity contribution >= 4 is 5.97 Å². The lowest BCUT2D eigenvalue weighted by molar-refractivity contribution is -0.156. The Morgan fingerprint density at radius 3 is 2.65 bits per heavy atom. The first-order chi connectivity index (χ1) is 8.02. The summed E-state index contributed by atoms with van der Waals surface area (Å²) in [6.07, 6.45) is 0. The van der Waals surface area contributed by atoms with Gasteiger partial charge < -0.3 is 20.3 Å². The Kier molecular flexibility index (Phi) is 4.93. The van der Waals surface area contributed by atoms with Gasteiger partial charge in [-0.1, -0.05) is 18.2 Å². The quantitative estimate of drug-likeness (QED) is 0.603. The van der Waals surface area contributed by atoms with Crippen molar-refractivity contribution in [3.63, 3.8) is 0 Å². The van der Waals surface area contributed by atoms with E-state index in [4.69, 9.17) is 9.84 Å². The lowest BCUT2D eigenvalue weighted by Crippen LogP contribution is -2.45. The van der Waals surface area contributed by atoms with Crippen molar-refractivity contribution in [1.82, 2.24) is 5.32 Å². The average molecular weight is 239 g/mol. The first-order valence-corrected chi connectivity index (χ1v) is 5.37. The predicted molar refractivity (Wildman–Crippen MR) is 63.1 cm³/mol. The molecular weight excluding hydrogens is 222 g/mol. The second-order valence-corrected chi connectivity index (χ2v) is 3.92. The fourth-order valence-electron chi connectivity index (χ4n) is 1.17.